The molecule has 0 aliphatic rings. The lowest BCUT2D eigenvalue weighted by atomic mass is 10.2. The molecule has 2 rings (SSSR count). The molecule has 0 aliphatic carbocycles. The highest BCUT2D eigenvalue weighted by molar-refractivity contribution is 7.21. The second kappa shape index (κ2) is 6.22. The fourth-order valence-corrected chi connectivity index (χ4v) is 3.26. The number of benzene rings is 1. The van der Waals surface area contributed by atoms with Crippen molar-refractivity contribution in [1.82, 2.24) is 5.32 Å². The van der Waals surface area contributed by atoms with Gasteiger partial charge < -0.3 is 10.4 Å². The van der Waals surface area contributed by atoms with Gasteiger partial charge in [-0.15, -0.1) is 11.3 Å². The fraction of sp³-hybridized carbons (Fsp3) is 0.250. The highest BCUT2D eigenvalue weighted by atomic mass is 35.5. The van der Waals surface area contributed by atoms with Gasteiger partial charge in [-0.1, -0.05) is 29.3 Å². The summed E-state index contributed by atoms with van der Waals surface area (Å²) in [5.74, 6) is -0.605. The molecule has 0 saturated carbocycles. The van der Waals surface area contributed by atoms with Crippen LogP contribution < -0.4 is 5.32 Å². The molecule has 2 N–H and O–H groups in total. The maximum atomic E-state index is 12.1. The topological polar surface area (TPSA) is 49.3 Å². The van der Waals surface area contributed by atoms with E-state index < -0.39 is 25.0 Å². The Hall–Kier alpha value is -0.950. The number of amides is 1. The minimum absolute atomic E-state index is 0.199. The molecule has 1 aromatic carbocycles. The van der Waals surface area contributed by atoms with Gasteiger partial charge in [-0.3, -0.25) is 4.79 Å². The number of alkyl halides is 2. The summed E-state index contributed by atoms with van der Waals surface area (Å²) < 4.78 is 25.0. The van der Waals surface area contributed by atoms with Crippen LogP contribution >= 0.6 is 34.5 Å². The molecule has 1 amide bonds. The Labute approximate surface area is 127 Å². The quantitative estimate of drug-likeness (QED) is 0.894. The van der Waals surface area contributed by atoms with Crippen molar-refractivity contribution in [3.63, 3.8) is 0 Å². The van der Waals surface area contributed by atoms with Gasteiger partial charge >= 0.3 is 0 Å². The van der Waals surface area contributed by atoms with Crippen molar-refractivity contribution in [3.05, 3.63) is 33.1 Å². The minimum atomic E-state index is -2.91. The van der Waals surface area contributed by atoms with Crippen LogP contribution in [0.5, 0.6) is 0 Å². The SMILES string of the molecule is O=C(NCC(O)C(F)F)c1sc2cc(Cl)ccc2c1Cl. The van der Waals surface area contributed by atoms with Crippen LogP contribution in [-0.2, 0) is 0 Å². The van der Waals surface area contributed by atoms with Crippen molar-refractivity contribution in [2.75, 3.05) is 6.54 Å². The van der Waals surface area contributed by atoms with Crippen molar-refractivity contribution in [2.24, 2.45) is 0 Å². The molecule has 20 heavy (non-hydrogen) atoms. The first kappa shape index (κ1) is 15.4. The van der Waals surface area contributed by atoms with E-state index in [9.17, 15) is 13.6 Å². The van der Waals surface area contributed by atoms with Gasteiger partial charge in [-0.2, -0.15) is 0 Å². The molecule has 0 aliphatic heterocycles. The van der Waals surface area contributed by atoms with Crippen LogP contribution in [0.25, 0.3) is 10.1 Å². The predicted molar refractivity (Wildman–Crippen MR) is 76.2 cm³/mol. The number of hydrogen-bond acceptors (Lipinski definition) is 3. The lowest BCUT2D eigenvalue weighted by Crippen LogP contribution is -2.35. The van der Waals surface area contributed by atoms with E-state index in [2.05, 4.69) is 5.32 Å². The Balaban J connectivity index is 2.20. The normalized spacial score (nSPS) is 12.9. The zero-order chi connectivity index (χ0) is 14.9. The van der Waals surface area contributed by atoms with Gasteiger partial charge in [0.25, 0.3) is 12.3 Å². The number of halogens is 4. The molecule has 0 bridgehead atoms. The number of rotatable bonds is 4. The summed E-state index contributed by atoms with van der Waals surface area (Å²) in [7, 11) is 0. The molecule has 8 heteroatoms. The molecule has 1 aromatic heterocycles. The molecule has 108 valence electrons. The molecule has 1 unspecified atom stereocenters. The van der Waals surface area contributed by atoms with Crippen LogP contribution in [0.4, 0.5) is 8.78 Å². The zero-order valence-corrected chi connectivity index (χ0v) is 12.2. The van der Waals surface area contributed by atoms with Gasteiger partial charge in [0.05, 0.1) is 5.02 Å². The lowest BCUT2D eigenvalue weighted by Gasteiger charge is -2.09. The summed E-state index contributed by atoms with van der Waals surface area (Å²) in [6.07, 6.45) is -4.81. The molecule has 3 nitrogen and oxygen atoms in total. The van der Waals surface area contributed by atoms with E-state index in [4.69, 9.17) is 28.3 Å². The Morgan fingerprint density at radius 3 is 2.75 bits per heavy atom. The Morgan fingerprint density at radius 2 is 2.10 bits per heavy atom. The van der Waals surface area contributed by atoms with Crippen LogP contribution in [-0.4, -0.2) is 30.1 Å². The Morgan fingerprint density at radius 1 is 1.40 bits per heavy atom. The number of carbonyl (C=O) groups is 1. The standard InChI is InChI=1S/C12H9Cl2F2NO2S/c13-5-1-2-6-8(3-5)20-10(9(6)14)12(19)17-4-7(18)11(15)16/h1-3,7,11,18H,4H2,(H,17,19). The van der Waals surface area contributed by atoms with Crippen LogP contribution in [0.15, 0.2) is 18.2 Å². The van der Waals surface area contributed by atoms with Crippen molar-refractivity contribution in [1.29, 1.82) is 0 Å². The molecule has 0 radical (unpaired) electrons. The van der Waals surface area contributed by atoms with E-state index in [-0.39, 0.29) is 9.90 Å². The molecule has 0 fully saturated rings. The largest absolute Gasteiger partial charge is 0.385 e. The van der Waals surface area contributed by atoms with E-state index in [1.165, 1.54) is 0 Å². The number of aliphatic hydroxyl groups excluding tert-OH is 1. The second-order valence-corrected chi connectivity index (χ2v) is 5.86. The summed E-state index contributed by atoms with van der Waals surface area (Å²) in [5, 5.41) is 12.6. The van der Waals surface area contributed by atoms with E-state index in [0.29, 0.717) is 10.4 Å². The first-order chi connectivity index (χ1) is 9.40. The maximum absolute atomic E-state index is 12.1. The molecule has 0 saturated heterocycles. The molecule has 2 aromatic rings. The number of fused-ring (bicyclic) bond motifs is 1. The van der Waals surface area contributed by atoms with Gasteiger partial charge in [-0.05, 0) is 12.1 Å². The molecular formula is C12H9Cl2F2NO2S. The van der Waals surface area contributed by atoms with Crippen molar-refractivity contribution >= 4 is 50.5 Å². The fourth-order valence-electron chi connectivity index (χ4n) is 1.55. The van der Waals surface area contributed by atoms with Crippen LogP contribution in [0.2, 0.25) is 10.0 Å². The van der Waals surface area contributed by atoms with E-state index >= 15 is 0 Å². The summed E-state index contributed by atoms with van der Waals surface area (Å²) >= 11 is 13.0. The van der Waals surface area contributed by atoms with E-state index in [1.807, 2.05) is 0 Å². The molecule has 1 atom stereocenters. The van der Waals surface area contributed by atoms with Crippen molar-refractivity contribution in [2.45, 2.75) is 12.5 Å². The van der Waals surface area contributed by atoms with Gasteiger partial charge in [0.15, 0.2) is 0 Å². The average molecular weight is 340 g/mol. The summed E-state index contributed by atoms with van der Waals surface area (Å²) in [4.78, 5) is 12.1. The minimum Gasteiger partial charge on any atom is -0.385 e. The highest BCUT2D eigenvalue weighted by Crippen LogP contribution is 2.36. The number of aliphatic hydroxyl groups is 1. The zero-order valence-electron chi connectivity index (χ0n) is 9.87. The number of thiophene rings is 1. The third-order valence-electron chi connectivity index (χ3n) is 2.56. The maximum Gasteiger partial charge on any atom is 0.265 e. The van der Waals surface area contributed by atoms with Crippen molar-refractivity contribution < 1.29 is 18.7 Å². The number of carbonyl (C=O) groups excluding carboxylic acids is 1. The van der Waals surface area contributed by atoms with Crippen LogP contribution in [0.1, 0.15) is 9.67 Å². The Bertz CT molecular complexity index is 648. The van der Waals surface area contributed by atoms with E-state index in [0.717, 1.165) is 16.0 Å². The molecule has 0 spiro atoms. The summed E-state index contributed by atoms with van der Waals surface area (Å²) in [5.41, 5.74) is 0. The number of hydrogen-bond donors (Lipinski definition) is 2. The third-order valence-corrected chi connectivity index (χ3v) is 4.45. The second-order valence-electron chi connectivity index (χ2n) is 4.00. The van der Waals surface area contributed by atoms with Crippen molar-refractivity contribution in [3.8, 4) is 0 Å². The third kappa shape index (κ3) is 3.20. The molecule has 1 heterocycles. The predicted octanol–water partition coefficient (Wildman–Crippen LogP) is 3.56. The lowest BCUT2D eigenvalue weighted by molar-refractivity contribution is -0.00267. The number of nitrogens with one attached hydrogen (secondary N) is 1. The molecular weight excluding hydrogens is 331 g/mol. The van der Waals surface area contributed by atoms with Crippen LogP contribution in [0.3, 0.4) is 0 Å². The highest BCUT2D eigenvalue weighted by Gasteiger charge is 2.21. The van der Waals surface area contributed by atoms with Gasteiger partial charge in [-0.25, -0.2) is 8.78 Å². The first-order valence-corrected chi connectivity index (χ1v) is 7.09. The smallest absolute Gasteiger partial charge is 0.265 e. The summed E-state index contributed by atoms with van der Waals surface area (Å²) in [6.45, 7) is -0.540. The van der Waals surface area contributed by atoms with Gasteiger partial charge in [0.1, 0.15) is 11.0 Å². The van der Waals surface area contributed by atoms with Crippen LogP contribution in [0, 0.1) is 0 Å². The summed E-state index contributed by atoms with van der Waals surface area (Å²) in [6, 6.07) is 4.99. The monoisotopic (exact) mass is 339 g/mol. The average Bonchev–Trinajstić information content (AvgIpc) is 2.72. The Kier molecular flexibility index (Phi) is 4.80. The van der Waals surface area contributed by atoms with Gasteiger partial charge in [0, 0.05) is 21.7 Å². The first-order valence-electron chi connectivity index (χ1n) is 5.52. The van der Waals surface area contributed by atoms with Gasteiger partial charge in [0.2, 0.25) is 0 Å². The van der Waals surface area contributed by atoms with E-state index in [1.54, 1.807) is 18.2 Å².